The fraction of sp³-hybridized carbons (Fsp3) is 0. The third kappa shape index (κ3) is 1.30. The van der Waals surface area contributed by atoms with Crippen LogP contribution in [0.25, 0.3) is 10.9 Å². The monoisotopic (exact) mass is 214 g/mol. The molecule has 0 saturated heterocycles. The topological polar surface area (TPSA) is 45.8 Å². The molecule has 0 radical (unpaired) electrons. The molecule has 1 heterocycles. The van der Waals surface area contributed by atoms with Crippen LogP contribution in [0.15, 0.2) is 12.1 Å². The van der Waals surface area contributed by atoms with E-state index in [-0.39, 0.29) is 0 Å². The van der Waals surface area contributed by atoms with Crippen LogP contribution in [-0.2, 0) is 0 Å². The molecule has 2 aromatic rings. The van der Waals surface area contributed by atoms with Gasteiger partial charge < -0.3 is 0 Å². The Kier molecular flexibility index (Phi) is 1.98. The van der Waals surface area contributed by atoms with Gasteiger partial charge in [-0.2, -0.15) is 5.10 Å². The SMILES string of the molecule is O=Cc1[nH]nc2c(Cl)cc(Cl)cc12. The molecule has 0 amide bonds. The Hall–Kier alpha value is -1.06. The van der Waals surface area contributed by atoms with Gasteiger partial charge in [0.25, 0.3) is 0 Å². The van der Waals surface area contributed by atoms with Crippen molar-refractivity contribution >= 4 is 40.4 Å². The molecule has 1 aromatic carbocycles. The molecule has 1 aromatic heterocycles. The van der Waals surface area contributed by atoms with E-state index < -0.39 is 0 Å². The average molecular weight is 215 g/mol. The van der Waals surface area contributed by atoms with Gasteiger partial charge >= 0.3 is 0 Å². The lowest BCUT2D eigenvalue weighted by molar-refractivity contribution is 0.112. The van der Waals surface area contributed by atoms with Crippen LogP contribution in [0.2, 0.25) is 10.0 Å². The number of H-pyrrole nitrogens is 1. The van der Waals surface area contributed by atoms with Crippen molar-refractivity contribution in [3.05, 3.63) is 27.9 Å². The summed E-state index contributed by atoms with van der Waals surface area (Å²) < 4.78 is 0. The summed E-state index contributed by atoms with van der Waals surface area (Å²) in [6, 6.07) is 3.23. The van der Waals surface area contributed by atoms with Gasteiger partial charge in [-0.25, -0.2) is 0 Å². The molecule has 13 heavy (non-hydrogen) atoms. The third-order valence-electron chi connectivity index (χ3n) is 1.72. The lowest BCUT2D eigenvalue weighted by atomic mass is 10.2. The second-order valence-electron chi connectivity index (χ2n) is 2.54. The molecular formula is C8H4Cl2N2O. The van der Waals surface area contributed by atoms with E-state index in [9.17, 15) is 4.79 Å². The highest BCUT2D eigenvalue weighted by Crippen LogP contribution is 2.27. The van der Waals surface area contributed by atoms with E-state index in [1.54, 1.807) is 12.1 Å². The van der Waals surface area contributed by atoms with Gasteiger partial charge in [0.05, 0.1) is 5.02 Å². The van der Waals surface area contributed by atoms with Gasteiger partial charge in [-0.05, 0) is 12.1 Å². The number of hydrogen-bond donors (Lipinski definition) is 1. The van der Waals surface area contributed by atoms with Crippen molar-refractivity contribution in [1.29, 1.82) is 0 Å². The second kappa shape index (κ2) is 3.01. The minimum Gasteiger partial charge on any atom is -0.296 e. The Balaban J connectivity index is 2.89. The average Bonchev–Trinajstić information content (AvgIpc) is 2.47. The van der Waals surface area contributed by atoms with Crippen LogP contribution in [0.4, 0.5) is 0 Å². The van der Waals surface area contributed by atoms with Crippen molar-refractivity contribution < 1.29 is 4.79 Å². The number of nitrogens with one attached hydrogen (secondary N) is 1. The first-order valence-electron chi connectivity index (χ1n) is 3.50. The second-order valence-corrected chi connectivity index (χ2v) is 3.38. The van der Waals surface area contributed by atoms with E-state index >= 15 is 0 Å². The fourth-order valence-corrected chi connectivity index (χ4v) is 1.69. The summed E-state index contributed by atoms with van der Waals surface area (Å²) in [6.07, 6.45) is 0.683. The zero-order chi connectivity index (χ0) is 9.42. The van der Waals surface area contributed by atoms with Crippen LogP contribution in [0.1, 0.15) is 10.5 Å². The van der Waals surface area contributed by atoms with Crippen LogP contribution in [0, 0.1) is 0 Å². The first kappa shape index (κ1) is 8.53. The smallest absolute Gasteiger partial charge is 0.168 e. The summed E-state index contributed by atoms with van der Waals surface area (Å²) in [7, 11) is 0. The number of carbonyl (C=O) groups is 1. The van der Waals surface area contributed by atoms with Crippen LogP contribution in [-0.4, -0.2) is 16.5 Å². The zero-order valence-corrected chi connectivity index (χ0v) is 7.86. The van der Waals surface area contributed by atoms with E-state index in [1.165, 1.54) is 0 Å². The predicted octanol–water partition coefficient (Wildman–Crippen LogP) is 2.68. The molecule has 0 saturated carbocycles. The number of aromatic amines is 1. The number of hydrogen-bond acceptors (Lipinski definition) is 2. The van der Waals surface area contributed by atoms with Gasteiger partial charge in [0, 0.05) is 10.4 Å². The highest BCUT2D eigenvalue weighted by Gasteiger charge is 2.08. The first-order valence-corrected chi connectivity index (χ1v) is 4.26. The van der Waals surface area contributed by atoms with Crippen LogP contribution in [0.5, 0.6) is 0 Å². The van der Waals surface area contributed by atoms with E-state index in [1.807, 2.05) is 0 Å². The van der Waals surface area contributed by atoms with Crippen molar-refractivity contribution in [3.8, 4) is 0 Å². The van der Waals surface area contributed by atoms with Gasteiger partial charge in [-0.3, -0.25) is 9.89 Å². The lowest BCUT2D eigenvalue weighted by Gasteiger charge is -1.93. The highest BCUT2D eigenvalue weighted by molar-refractivity contribution is 6.38. The number of nitrogens with zero attached hydrogens (tertiary/aromatic N) is 1. The normalized spacial score (nSPS) is 10.6. The van der Waals surface area contributed by atoms with Crippen LogP contribution >= 0.6 is 23.2 Å². The Bertz CT molecular complexity index is 478. The van der Waals surface area contributed by atoms with Crippen molar-refractivity contribution in [1.82, 2.24) is 10.2 Å². The molecule has 0 fully saturated rings. The minimum atomic E-state index is 0.388. The molecule has 1 N–H and O–H groups in total. The minimum absolute atomic E-state index is 0.388. The highest BCUT2D eigenvalue weighted by atomic mass is 35.5. The van der Waals surface area contributed by atoms with E-state index in [4.69, 9.17) is 23.2 Å². The van der Waals surface area contributed by atoms with E-state index in [2.05, 4.69) is 10.2 Å². The van der Waals surface area contributed by atoms with Crippen molar-refractivity contribution in [3.63, 3.8) is 0 Å². The standard InChI is InChI=1S/C8H4Cl2N2O/c9-4-1-5-7(3-13)11-12-8(5)6(10)2-4/h1-3H,(H,11,12). The molecule has 5 heteroatoms. The Morgan fingerprint density at radius 1 is 1.38 bits per heavy atom. The molecule has 0 atom stereocenters. The first-order chi connectivity index (χ1) is 6.22. The van der Waals surface area contributed by atoms with Gasteiger partial charge in [0.2, 0.25) is 0 Å². The summed E-state index contributed by atoms with van der Waals surface area (Å²) in [5.74, 6) is 0. The molecule has 0 aliphatic rings. The molecule has 0 aliphatic heterocycles. The molecule has 0 spiro atoms. The van der Waals surface area contributed by atoms with Crippen molar-refractivity contribution in [2.45, 2.75) is 0 Å². The van der Waals surface area contributed by atoms with Gasteiger partial charge in [0.15, 0.2) is 6.29 Å². The number of rotatable bonds is 1. The summed E-state index contributed by atoms with van der Waals surface area (Å²) in [5.41, 5.74) is 0.951. The number of aldehydes is 1. The number of aromatic nitrogens is 2. The number of halogens is 2. The predicted molar refractivity (Wildman–Crippen MR) is 51.5 cm³/mol. The zero-order valence-electron chi connectivity index (χ0n) is 6.34. The quantitative estimate of drug-likeness (QED) is 0.743. The van der Waals surface area contributed by atoms with Crippen molar-refractivity contribution in [2.24, 2.45) is 0 Å². The molecule has 0 unspecified atom stereocenters. The Labute approximate surface area is 83.6 Å². The van der Waals surface area contributed by atoms with Crippen molar-refractivity contribution in [2.75, 3.05) is 0 Å². The molecule has 0 bridgehead atoms. The number of carbonyl (C=O) groups excluding carboxylic acids is 1. The lowest BCUT2D eigenvalue weighted by Crippen LogP contribution is -1.78. The van der Waals surface area contributed by atoms with Gasteiger partial charge in [-0.15, -0.1) is 0 Å². The summed E-state index contributed by atoms with van der Waals surface area (Å²) in [5, 5.41) is 8.02. The van der Waals surface area contributed by atoms with E-state index in [0.717, 1.165) is 0 Å². The fourth-order valence-electron chi connectivity index (χ4n) is 1.15. The summed E-state index contributed by atoms with van der Waals surface area (Å²) in [4.78, 5) is 10.5. The number of benzene rings is 1. The van der Waals surface area contributed by atoms with Gasteiger partial charge in [0.1, 0.15) is 11.2 Å². The van der Waals surface area contributed by atoms with Crippen LogP contribution in [0.3, 0.4) is 0 Å². The molecule has 0 aliphatic carbocycles. The Morgan fingerprint density at radius 2 is 2.15 bits per heavy atom. The maximum Gasteiger partial charge on any atom is 0.168 e. The third-order valence-corrected chi connectivity index (χ3v) is 2.23. The summed E-state index contributed by atoms with van der Waals surface area (Å²) >= 11 is 11.6. The maximum atomic E-state index is 10.5. The molecule has 2 rings (SSSR count). The molecular weight excluding hydrogens is 211 g/mol. The maximum absolute atomic E-state index is 10.5. The molecule has 3 nitrogen and oxygen atoms in total. The largest absolute Gasteiger partial charge is 0.296 e. The van der Waals surface area contributed by atoms with Crippen LogP contribution < -0.4 is 0 Å². The van der Waals surface area contributed by atoms with Gasteiger partial charge in [-0.1, -0.05) is 23.2 Å². The summed E-state index contributed by atoms with van der Waals surface area (Å²) in [6.45, 7) is 0. The molecule has 66 valence electrons. The number of fused-ring (bicyclic) bond motifs is 1. The van der Waals surface area contributed by atoms with E-state index in [0.29, 0.717) is 32.9 Å². The Morgan fingerprint density at radius 3 is 2.85 bits per heavy atom.